The van der Waals surface area contributed by atoms with E-state index >= 15 is 0 Å². The molecule has 1 aliphatic rings. The highest BCUT2D eigenvalue weighted by Crippen LogP contribution is 2.28. The average Bonchev–Trinajstić information content (AvgIpc) is 2.67. The summed E-state index contributed by atoms with van der Waals surface area (Å²) in [5.74, 6) is 1.06. The molecule has 4 nitrogen and oxygen atoms in total. The van der Waals surface area contributed by atoms with Crippen LogP contribution in [0, 0.1) is 18.3 Å². The number of carbonyl (C=O) groups excluding carboxylic acids is 1. The van der Waals surface area contributed by atoms with Crippen molar-refractivity contribution in [2.75, 3.05) is 17.2 Å². The van der Waals surface area contributed by atoms with E-state index < -0.39 is 21.9 Å². The number of terminal acetylenes is 1. The maximum Gasteiger partial charge on any atom is 0.302 e. The van der Waals surface area contributed by atoms with Gasteiger partial charge in [0.1, 0.15) is 0 Å². The van der Waals surface area contributed by atoms with Crippen LogP contribution in [0.4, 0.5) is 9.57 Å². The number of carbonyl (C=O) groups is 1. The second kappa shape index (κ2) is 5.02. The van der Waals surface area contributed by atoms with Gasteiger partial charge in [-0.05, 0) is 12.1 Å². The molecular weight excluding hydrogens is 269 g/mol. The number of hydrogen-bond donors (Lipinski definition) is 0. The van der Waals surface area contributed by atoms with Gasteiger partial charge in [-0.3, -0.25) is 4.79 Å². The molecule has 1 heterocycles. The van der Waals surface area contributed by atoms with Crippen molar-refractivity contribution in [2.45, 2.75) is 6.42 Å². The number of nitrogens with zero attached hydrogens (tertiary/aromatic N) is 1. The fourth-order valence-corrected chi connectivity index (χ4v) is 3.02. The zero-order chi connectivity index (χ0) is 14.0. The Labute approximate surface area is 111 Å². The van der Waals surface area contributed by atoms with Crippen LogP contribution in [0.15, 0.2) is 24.3 Å². The van der Waals surface area contributed by atoms with Gasteiger partial charge in [0.2, 0.25) is 5.91 Å². The summed E-state index contributed by atoms with van der Waals surface area (Å²) >= 11 is 0. The summed E-state index contributed by atoms with van der Waals surface area (Å²) in [4.78, 5) is 13.3. The highest BCUT2D eigenvalue weighted by Gasteiger charge is 2.34. The summed E-state index contributed by atoms with van der Waals surface area (Å²) in [5.41, 5.74) is 1.12. The summed E-state index contributed by atoms with van der Waals surface area (Å²) in [6.07, 6.45) is 5.37. The van der Waals surface area contributed by atoms with Crippen LogP contribution in [0.25, 0.3) is 0 Å². The Balaban J connectivity index is 2.24. The van der Waals surface area contributed by atoms with Crippen LogP contribution >= 0.6 is 0 Å². The first kappa shape index (κ1) is 13.6. The summed E-state index contributed by atoms with van der Waals surface area (Å²) in [6, 6.07) is 6.88. The predicted octanol–water partition coefficient (Wildman–Crippen LogP) is 1.32. The van der Waals surface area contributed by atoms with Gasteiger partial charge in [-0.1, -0.05) is 18.1 Å². The van der Waals surface area contributed by atoms with Crippen molar-refractivity contribution in [3.05, 3.63) is 29.8 Å². The molecule has 0 N–H and O–H groups in total. The Morgan fingerprint density at radius 1 is 1.42 bits per heavy atom. The minimum absolute atomic E-state index is 0.0159. The van der Waals surface area contributed by atoms with Crippen LogP contribution < -0.4 is 4.90 Å². The Bertz CT molecular complexity index is 648. The van der Waals surface area contributed by atoms with Gasteiger partial charge >= 0.3 is 10.2 Å². The third-order valence-electron chi connectivity index (χ3n) is 2.99. The number of rotatable bonds is 3. The number of benzene rings is 1. The number of amides is 1. The third kappa shape index (κ3) is 3.12. The summed E-state index contributed by atoms with van der Waals surface area (Å²) in [6.45, 7) is 0.167. The molecule has 1 fully saturated rings. The molecule has 0 aliphatic carbocycles. The lowest BCUT2D eigenvalue weighted by atomic mass is 10.1. The second-order valence-electron chi connectivity index (χ2n) is 4.44. The molecule has 0 bridgehead atoms. The van der Waals surface area contributed by atoms with Crippen molar-refractivity contribution in [2.24, 2.45) is 5.92 Å². The van der Waals surface area contributed by atoms with Gasteiger partial charge in [-0.2, -0.15) is 8.42 Å². The van der Waals surface area contributed by atoms with Gasteiger partial charge in [-0.15, -0.1) is 10.3 Å². The van der Waals surface area contributed by atoms with Crippen molar-refractivity contribution in [3.8, 4) is 12.3 Å². The quantitative estimate of drug-likeness (QED) is 0.620. The lowest BCUT2D eigenvalue weighted by molar-refractivity contribution is -0.117. The second-order valence-corrected chi connectivity index (χ2v) is 5.85. The van der Waals surface area contributed by atoms with Crippen LogP contribution in [-0.2, 0) is 15.0 Å². The van der Waals surface area contributed by atoms with E-state index in [0.717, 1.165) is 0 Å². The maximum atomic E-state index is 12.7. The zero-order valence-corrected chi connectivity index (χ0v) is 10.9. The minimum atomic E-state index is -4.57. The monoisotopic (exact) mass is 281 g/mol. The van der Waals surface area contributed by atoms with Gasteiger partial charge in [0.05, 0.1) is 11.4 Å². The SMILES string of the molecule is C#Cc1ccccc1N1CC(CS(=O)(=O)F)CC1=O. The number of hydrogen-bond acceptors (Lipinski definition) is 3. The molecule has 1 aromatic rings. The van der Waals surface area contributed by atoms with Crippen LogP contribution in [0.5, 0.6) is 0 Å². The van der Waals surface area contributed by atoms with E-state index in [-0.39, 0.29) is 18.9 Å². The largest absolute Gasteiger partial charge is 0.311 e. The number of halogens is 1. The Hall–Kier alpha value is -1.87. The molecule has 1 aliphatic heterocycles. The molecule has 1 unspecified atom stereocenters. The van der Waals surface area contributed by atoms with E-state index in [2.05, 4.69) is 5.92 Å². The summed E-state index contributed by atoms with van der Waals surface area (Å²) in [5, 5.41) is 0. The molecule has 0 aromatic heterocycles. The molecule has 0 saturated carbocycles. The molecule has 1 amide bonds. The molecular formula is C13H12FNO3S. The van der Waals surface area contributed by atoms with Crippen molar-refractivity contribution in [3.63, 3.8) is 0 Å². The molecule has 1 aromatic carbocycles. The summed E-state index contributed by atoms with van der Waals surface area (Å²) < 4.78 is 33.9. The number of para-hydroxylation sites is 1. The van der Waals surface area contributed by atoms with Gasteiger partial charge < -0.3 is 4.90 Å². The molecule has 0 radical (unpaired) electrons. The molecule has 2 rings (SSSR count). The standard InChI is InChI=1S/C13H12FNO3S/c1-2-11-5-3-4-6-12(11)15-8-10(7-13(15)16)9-19(14,17)18/h1,3-6,10H,7-9H2. The smallest absolute Gasteiger partial charge is 0.302 e. The van der Waals surface area contributed by atoms with Gasteiger partial charge in [0, 0.05) is 24.4 Å². The van der Waals surface area contributed by atoms with Crippen LogP contribution in [0.3, 0.4) is 0 Å². The molecule has 1 saturated heterocycles. The molecule has 19 heavy (non-hydrogen) atoms. The van der Waals surface area contributed by atoms with E-state index in [1.165, 1.54) is 4.90 Å². The van der Waals surface area contributed by atoms with E-state index in [9.17, 15) is 17.1 Å². The molecule has 0 spiro atoms. The summed E-state index contributed by atoms with van der Waals surface area (Å²) in [7, 11) is -4.57. The lowest BCUT2D eigenvalue weighted by Gasteiger charge is -2.18. The molecule has 100 valence electrons. The van der Waals surface area contributed by atoms with E-state index in [1.807, 2.05) is 0 Å². The minimum Gasteiger partial charge on any atom is -0.311 e. The van der Waals surface area contributed by atoms with Crippen LogP contribution in [0.1, 0.15) is 12.0 Å². The third-order valence-corrected chi connectivity index (χ3v) is 3.86. The molecule has 6 heteroatoms. The van der Waals surface area contributed by atoms with Gasteiger partial charge in [-0.25, -0.2) is 0 Å². The first-order valence-electron chi connectivity index (χ1n) is 5.69. The van der Waals surface area contributed by atoms with Gasteiger partial charge in [0.15, 0.2) is 0 Å². The number of anilines is 1. The maximum absolute atomic E-state index is 12.7. The zero-order valence-electron chi connectivity index (χ0n) is 10.0. The topological polar surface area (TPSA) is 54.5 Å². The van der Waals surface area contributed by atoms with E-state index in [0.29, 0.717) is 11.3 Å². The van der Waals surface area contributed by atoms with Crippen LogP contribution in [-0.4, -0.2) is 26.6 Å². The van der Waals surface area contributed by atoms with Crippen molar-refractivity contribution in [1.82, 2.24) is 0 Å². The van der Waals surface area contributed by atoms with E-state index in [4.69, 9.17) is 6.42 Å². The average molecular weight is 281 g/mol. The highest BCUT2D eigenvalue weighted by atomic mass is 32.3. The highest BCUT2D eigenvalue weighted by molar-refractivity contribution is 7.86. The van der Waals surface area contributed by atoms with Crippen molar-refractivity contribution >= 4 is 21.8 Å². The fraction of sp³-hybridized carbons (Fsp3) is 0.308. The Morgan fingerprint density at radius 3 is 2.74 bits per heavy atom. The van der Waals surface area contributed by atoms with E-state index in [1.54, 1.807) is 24.3 Å². The van der Waals surface area contributed by atoms with Crippen molar-refractivity contribution in [1.29, 1.82) is 0 Å². The van der Waals surface area contributed by atoms with Gasteiger partial charge in [0.25, 0.3) is 0 Å². The Morgan fingerprint density at radius 2 is 2.11 bits per heavy atom. The predicted molar refractivity (Wildman–Crippen MR) is 69.7 cm³/mol. The van der Waals surface area contributed by atoms with Crippen molar-refractivity contribution < 1.29 is 17.1 Å². The van der Waals surface area contributed by atoms with Crippen LogP contribution in [0.2, 0.25) is 0 Å². The fourth-order valence-electron chi connectivity index (χ4n) is 2.24. The molecule has 1 atom stereocenters. The Kier molecular flexibility index (Phi) is 3.58. The lowest BCUT2D eigenvalue weighted by Crippen LogP contribution is -2.26. The first-order chi connectivity index (χ1) is 8.90. The normalized spacial score (nSPS) is 19.5. The first-order valence-corrected chi connectivity index (χ1v) is 7.24.